The molecule has 0 radical (unpaired) electrons. The quantitative estimate of drug-likeness (QED) is 0.571. The largest absolute Gasteiger partial charge is 0.396 e. The molecule has 0 bridgehead atoms. The van der Waals surface area contributed by atoms with Crippen molar-refractivity contribution < 1.29 is 18.4 Å². The molecule has 1 aliphatic heterocycles. The molecule has 64 valence electrons. The molecule has 0 saturated carbocycles. The van der Waals surface area contributed by atoms with Crippen LogP contribution in [0.25, 0.3) is 0 Å². The van der Waals surface area contributed by atoms with Crippen LogP contribution in [0.3, 0.4) is 0 Å². The number of carbonyl (C=O) groups is 1. The minimum absolute atomic E-state index is 0.140. The molecule has 4 nitrogen and oxygen atoms in total. The van der Waals surface area contributed by atoms with Crippen LogP contribution < -0.4 is 0 Å². The Balaban J connectivity index is 2.71. The predicted octanol–water partition coefficient (Wildman–Crippen LogP) is 1.55. The van der Waals surface area contributed by atoms with Crippen molar-refractivity contribution >= 4 is 13.1 Å². The second-order valence-electron chi connectivity index (χ2n) is 2.55. The summed E-state index contributed by atoms with van der Waals surface area (Å²) in [5.41, 5.74) is -0.510. The van der Waals surface area contributed by atoms with Crippen molar-refractivity contribution in [2.45, 2.75) is 26.4 Å². The van der Waals surface area contributed by atoms with Gasteiger partial charge in [0.05, 0.1) is 12.7 Å². The second kappa shape index (κ2) is 3.05. The van der Waals surface area contributed by atoms with Gasteiger partial charge in [-0.05, 0) is 13.3 Å². The summed E-state index contributed by atoms with van der Waals surface area (Å²) in [5.74, 6) is 0. The fraction of sp³-hybridized carbons (Fsp3) is 0.833. The molecule has 1 fully saturated rings. The van der Waals surface area contributed by atoms with Crippen LogP contribution >= 0.6 is 7.60 Å². The molecule has 0 aromatic rings. The Morgan fingerprint density at radius 2 is 2.27 bits per heavy atom. The highest BCUT2D eigenvalue weighted by Crippen LogP contribution is 2.52. The first kappa shape index (κ1) is 8.91. The summed E-state index contributed by atoms with van der Waals surface area (Å²) >= 11 is 0. The van der Waals surface area contributed by atoms with Gasteiger partial charge in [0.1, 0.15) is 0 Å². The van der Waals surface area contributed by atoms with Crippen LogP contribution in [-0.4, -0.2) is 18.2 Å². The molecule has 0 aromatic heterocycles. The van der Waals surface area contributed by atoms with Crippen LogP contribution in [0.1, 0.15) is 20.3 Å². The summed E-state index contributed by atoms with van der Waals surface area (Å²) in [6, 6.07) is 0. The Morgan fingerprint density at radius 1 is 1.64 bits per heavy atom. The Kier molecular flexibility index (Phi) is 2.47. The van der Waals surface area contributed by atoms with Crippen LogP contribution in [0.5, 0.6) is 0 Å². The van der Waals surface area contributed by atoms with Gasteiger partial charge in [-0.2, -0.15) is 0 Å². The van der Waals surface area contributed by atoms with Crippen molar-refractivity contribution in [1.29, 1.82) is 0 Å². The van der Waals surface area contributed by atoms with E-state index in [-0.39, 0.29) is 6.10 Å². The summed E-state index contributed by atoms with van der Waals surface area (Å²) in [5, 5.41) is 0. The third-order valence-electron chi connectivity index (χ3n) is 1.49. The van der Waals surface area contributed by atoms with E-state index in [9.17, 15) is 9.36 Å². The van der Waals surface area contributed by atoms with E-state index in [1.54, 1.807) is 6.92 Å². The highest BCUT2D eigenvalue weighted by atomic mass is 31.2. The van der Waals surface area contributed by atoms with Gasteiger partial charge in [-0.3, -0.25) is 9.36 Å². The molecule has 5 heteroatoms. The maximum absolute atomic E-state index is 11.3. The maximum Gasteiger partial charge on any atom is 0.396 e. The predicted molar refractivity (Wildman–Crippen MR) is 39.4 cm³/mol. The molecule has 0 N–H and O–H groups in total. The zero-order valence-corrected chi connectivity index (χ0v) is 7.47. The van der Waals surface area contributed by atoms with Gasteiger partial charge < -0.3 is 9.05 Å². The maximum atomic E-state index is 11.3. The Morgan fingerprint density at radius 3 is 2.64 bits per heavy atom. The molecule has 1 saturated heterocycles. The molecule has 11 heavy (non-hydrogen) atoms. The summed E-state index contributed by atoms with van der Waals surface area (Å²) in [6.07, 6.45) is 0.551. The standard InChI is InChI=1S/C6H11O4P/c1-5-3-4-9-11(8,10-5)6(2)7/h5H,3-4H2,1-2H3. The first-order chi connectivity index (χ1) is 5.04. The van der Waals surface area contributed by atoms with Gasteiger partial charge in [0.25, 0.3) is 0 Å². The molecule has 1 rings (SSSR count). The summed E-state index contributed by atoms with van der Waals surface area (Å²) in [4.78, 5) is 10.8. The highest BCUT2D eigenvalue weighted by Gasteiger charge is 2.36. The molecule has 1 heterocycles. The second-order valence-corrected chi connectivity index (χ2v) is 4.65. The van der Waals surface area contributed by atoms with Gasteiger partial charge in [-0.25, -0.2) is 0 Å². The average Bonchev–Trinajstić information content (AvgIpc) is 1.86. The lowest BCUT2D eigenvalue weighted by atomic mass is 10.3. The zero-order chi connectivity index (χ0) is 8.48. The van der Waals surface area contributed by atoms with E-state index in [2.05, 4.69) is 0 Å². The van der Waals surface area contributed by atoms with E-state index in [0.29, 0.717) is 13.0 Å². The fourth-order valence-electron chi connectivity index (χ4n) is 0.824. The van der Waals surface area contributed by atoms with Crippen LogP contribution in [0, 0.1) is 0 Å². The minimum atomic E-state index is -3.38. The first-order valence-electron chi connectivity index (χ1n) is 3.49. The van der Waals surface area contributed by atoms with E-state index in [1.807, 2.05) is 0 Å². The average molecular weight is 178 g/mol. The van der Waals surface area contributed by atoms with Crippen molar-refractivity contribution in [2.75, 3.05) is 6.61 Å². The van der Waals surface area contributed by atoms with E-state index in [0.717, 1.165) is 0 Å². The van der Waals surface area contributed by atoms with Crippen molar-refractivity contribution in [3.63, 3.8) is 0 Å². The molecule has 0 aromatic carbocycles. The van der Waals surface area contributed by atoms with Gasteiger partial charge in [-0.15, -0.1) is 0 Å². The number of hydrogen-bond donors (Lipinski definition) is 0. The van der Waals surface area contributed by atoms with E-state index in [1.165, 1.54) is 6.92 Å². The van der Waals surface area contributed by atoms with Gasteiger partial charge in [0.2, 0.25) is 5.52 Å². The van der Waals surface area contributed by atoms with Crippen LogP contribution in [0.2, 0.25) is 0 Å². The van der Waals surface area contributed by atoms with E-state index < -0.39 is 13.1 Å². The summed E-state index contributed by atoms with van der Waals surface area (Å²) in [7, 11) is -3.38. The summed E-state index contributed by atoms with van der Waals surface area (Å²) in [6.45, 7) is 3.34. The lowest BCUT2D eigenvalue weighted by Crippen LogP contribution is -2.19. The number of hydrogen-bond acceptors (Lipinski definition) is 4. The Labute approximate surface area is 65.4 Å². The van der Waals surface area contributed by atoms with Crippen LogP contribution in [-0.2, 0) is 18.4 Å². The lowest BCUT2D eigenvalue weighted by Gasteiger charge is -2.25. The van der Waals surface area contributed by atoms with Crippen molar-refractivity contribution in [3.8, 4) is 0 Å². The third-order valence-corrected chi connectivity index (χ3v) is 3.42. The fourth-order valence-corrected chi connectivity index (χ4v) is 2.14. The van der Waals surface area contributed by atoms with Crippen molar-refractivity contribution in [3.05, 3.63) is 0 Å². The monoisotopic (exact) mass is 178 g/mol. The number of rotatable bonds is 1. The molecule has 2 unspecified atom stereocenters. The molecule has 2 atom stereocenters. The molecule has 0 amide bonds. The lowest BCUT2D eigenvalue weighted by molar-refractivity contribution is -0.113. The third kappa shape index (κ3) is 1.89. The zero-order valence-electron chi connectivity index (χ0n) is 6.57. The van der Waals surface area contributed by atoms with Gasteiger partial charge in [-0.1, -0.05) is 0 Å². The smallest absolute Gasteiger partial charge is 0.303 e. The van der Waals surface area contributed by atoms with Crippen molar-refractivity contribution in [1.82, 2.24) is 0 Å². The normalized spacial score (nSPS) is 38.5. The van der Waals surface area contributed by atoms with Gasteiger partial charge >= 0.3 is 7.60 Å². The van der Waals surface area contributed by atoms with Gasteiger partial charge in [0.15, 0.2) is 0 Å². The number of carbonyl (C=O) groups excluding carboxylic acids is 1. The van der Waals surface area contributed by atoms with Gasteiger partial charge in [0, 0.05) is 6.92 Å². The molecule has 1 aliphatic rings. The Hall–Kier alpha value is -0.180. The topological polar surface area (TPSA) is 52.6 Å². The van der Waals surface area contributed by atoms with Crippen LogP contribution in [0.15, 0.2) is 0 Å². The van der Waals surface area contributed by atoms with Crippen molar-refractivity contribution in [2.24, 2.45) is 0 Å². The van der Waals surface area contributed by atoms with Crippen LogP contribution in [0.4, 0.5) is 0 Å². The van der Waals surface area contributed by atoms with E-state index >= 15 is 0 Å². The summed E-state index contributed by atoms with van der Waals surface area (Å²) < 4.78 is 21.0. The highest BCUT2D eigenvalue weighted by molar-refractivity contribution is 7.71. The first-order valence-corrected chi connectivity index (χ1v) is 5.03. The molecular weight excluding hydrogens is 167 g/mol. The van der Waals surface area contributed by atoms with E-state index in [4.69, 9.17) is 9.05 Å². The SMILES string of the molecule is CC(=O)P1(=O)OCCC(C)O1. The Bertz CT molecular complexity index is 213. The molecule has 0 spiro atoms. The minimum Gasteiger partial charge on any atom is -0.303 e. The molecular formula is C6H11O4P. The molecule has 0 aliphatic carbocycles.